The molecule has 6 heteroatoms. The van der Waals surface area contributed by atoms with Crippen molar-refractivity contribution in [3.05, 3.63) is 59.8 Å². The number of aryl methyl sites for hydroxylation is 1. The first-order chi connectivity index (χ1) is 14.5. The molecule has 2 aromatic carbocycles. The van der Waals surface area contributed by atoms with Gasteiger partial charge in [-0.3, -0.25) is 4.79 Å². The molecule has 2 N–H and O–H groups in total. The molecule has 1 aliphatic heterocycles. The largest absolute Gasteiger partial charge is 0.366 e. The maximum atomic E-state index is 12.3. The number of nitrogens with two attached hydrogens (primary N) is 1. The minimum Gasteiger partial charge on any atom is -0.366 e. The van der Waals surface area contributed by atoms with Crippen molar-refractivity contribution >= 4 is 27.8 Å². The number of aromatic nitrogens is 1. The van der Waals surface area contributed by atoms with Crippen LogP contribution in [0.4, 0.5) is 0 Å². The van der Waals surface area contributed by atoms with Crippen molar-refractivity contribution < 1.29 is 9.00 Å². The highest BCUT2D eigenvalue weighted by Gasteiger charge is 2.24. The fraction of sp³-hybridized carbons (Fsp3) is 0.375. The summed E-state index contributed by atoms with van der Waals surface area (Å²) < 4.78 is 16.2. The minimum absolute atomic E-state index is 0.402. The molecule has 1 fully saturated rings. The SMILES string of the molecule is CCS(=O)N1CCC(Cc2cn(C)c3c(C(N)=O)cc(-c4ccccc4)cc23)CC1. The van der Waals surface area contributed by atoms with E-state index < -0.39 is 16.9 Å². The summed E-state index contributed by atoms with van der Waals surface area (Å²) >= 11 is 0. The Morgan fingerprint density at radius 2 is 1.83 bits per heavy atom. The van der Waals surface area contributed by atoms with Crippen LogP contribution in [0, 0.1) is 5.92 Å². The number of nitrogens with zero attached hydrogens (tertiary/aromatic N) is 2. The first-order valence-corrected chi connectivity index (χ1v) is 11.9. The fourth-order valence-corrected chi connectivity index (χ4v) is 5.57. The summed E-state index contributed by atoms with van der Waals surface area (Å²) in [7, 11) is 1.13. The zero-order valence-corrected chi connectivity index (χ0v) is 18.5. The van der Waals surface area contributed by atoms with E-state index in [2.05, 4.69) is 28.7 Å². The summed E-state index contributed by atoms with van der Waals surface area (Å²) in [6.07, 6.45) is 5.19. The Kier molecular flexibility index (Phi) is 6.06. The molecule has 0 spiro atoms. The Morgan fingerprint density at radius 1 is 1.13 bits per heavy atom. The van der Waals surface area contributed by atoms with Gasteiger partial charge in [-0.25, -0.2) is 8.51 Å². The van der Waals surface area contributed by atoms with Gasteiger partial charge in [0.05, 0.1) is 22.1 Å². The van der Waals surface area contributed by atoms with Crippen LogP contribution in [-0.2, 0) is 24.5 Å². The molecule has 4 rings (SSSR count). The van der Waals surface area contributed by atoms with E-state index in [-0.39, 0.29) is 0 Å². The molecule has 1 aromatic heterocycles. The van der Waals surface area contributed by atoms with E-state index in [9.17, 15) is 9.00 Å². The molecule has 0 bridgehead atoms. The minimum atomic E-state index is -0.848. The van der Waals surface area contributed by atoms with Crippen LogP contribution in [0.1, 0.15) is 35.7 Å². The number of hydrogen-bond acceptors (Lipinski definition) is 2. The average Bonchev–Trinajstić information content (AvgIpc) is 3.08. The van der Waals surface area contributed by atoms with Gasteiger partial charge in [-0.15, -0.1) is 0 Å². The fourth-order valence-electron chi connectivity index (χ4n) is 4.59. The van der Waals surface area contributed by atoms with Crippen LogP contribution < -0.4 is 5.73 Å². The number of piperidine rings is 1. The number of carbonyl (C=O) groups is 1. The maximum absolute atomic E-state index is 12.3. The van der Waals surface area contributed by atoms with E-state index in [1.165, 1.54) is 5.56 Å². The van der Waals surface area contributed by atoms with Crippen molar-refractivity contribution in [2.75, 3.05) is 18.8 Å². The van der Waals surface area contributed by atoms with Crippen molar-refractivity contribution in [3.8, 4) is 11.1 Å². The third-order valence-corrected chi connectivity index (χ3v) is 7.58. The monoisotopic (exact) mass is 423 g/mol. The first-order valence-electron chi connectivity index (χ1n) is 10.6. The summed E-state index contributed by atoms with van der Waals surface area (Å²) in [6.45, 7) is 3.74. The quantitative estimate of drug-likeness (QED) is 0.654. The average molecular weight is 424 g/mol. The molecule has 158 valence electrons. The van der Waals surface area contributed by atoms with Gasteiger partial charge in [0.2, 0.25) is 0 Å². The number of amides is 1. The van der Waals surface area contributed by atoms with Crippen molar-refractivity contribution in [2.45, 2.75) is 26.2 Å². The van der Waals surface area contributed by atoms with E-state index in [1.807, 2.05) is 42.8 Å². The Labute approximate surface area is 180 Å². The van der Waals surface area contributed by atoms with E-state index in [1.54, 1.807) is 0 Å². The third-order valence-electron chi connectivity index (χ3n) is 6.15. The summed E-state index contributed by atoms with van der Waals surface area (Å²) in [5.41, 5.74) is 10.6. The maximum Gasteiger partial charge on any atom is 0.250 e. The molecule has 0 aliphatic carbocycles. The van der Waals surface area contributed by atoms with Gasteiger partial charge in [0, 0.05) is 37.5 Å². The normalized spacial score (nSPS) is 16.7. The predicted molar refractivity (Wildman–Crippen MR) is 124 cm³/mol. The number of benzene rings is 2. The number of hydrogen-bond donors (Lipinski definition) is 1. The molecule has 2 heterocycles. The van der Waals surface area contributed by atoms with Crippen LogP contribution in [-0.4, -0.2) is 37.8 Å². The Balaban J connectivity index is 1.68. The molecule has 1 aliphatic rings. The van der Waals surface area contributed by atoms with Gasteiger partial charge >= 0.3 is 0 Å². The van der Waals surface area contributed by atoms with E-state index in [4.69, 9.17) is 5.73 Å². The molecule has 0 radical (unpaired) electrons. The number of rotatable bonds is 6. The molecule has 5 nitrogen and oxygen atoms in total. The lowest BCUT2D eigenvalue weighted by molar-refractivity contribution is 0.100. The summed E-state index contributed by atoms with van der Waals surface area (Å²) in [5.74, 6) is 0.839. The zero-order valence-electron chi connectivity index (χ0n) is 17.6. The highest BCUT2D eigenvalue weighted by atomic mass is 32.2. The lowest BCUT2D eigenvalue weighted by atomic mass is 9.90. The molecule has 3 aromatic rings. The predicted octanol–water partition coefficient (Wildman–Crippen LogP) is 3.88. The Hall–Kier alpha value is -2.44. The molecule has 1 saturated heterocycles. The van der Waals surface area contributed by atoms with E-state index >= 15 is 0 Å². The van der Waals surface area contributed by atoms with E-state index in [0.29, 0.717) is 17.2 Å². The molecule has 1 atom stereocenters. The Bertz CT molecular complexity index is 1080. The van der Waals surface area contributed by atoms with Gasteiger partial charge in [-0.2, -0.15) is 0 Å². The third kappa shape index (κ3) is 4.07. The lowest BCUT2D eigenvalue weighted by Crippen LogP contribution is -2.36. The second-order valence-corrected chi connectivity index (χ2v) is 9.84. The topological polar surface area (TPSA) is 68.3 Å². The molecular formula is C24H29N3O2S. The summed E-state index contributed by atoms with van der Waals surface area (Å²) in [5, 5.41) is 1.10. The Morgan fingerprint density at radius 3 is 2.47 bits per heavy atom. The van der Waals surface area contributed by atoms with Crippen LogP contribution in [0.2, 0.25) is 0 Å². The summed E-state index contributed by atoms with van der Waals surface area (Å²) in [4.78, 5) is 12.3. The van der Waals surface area contributed by atoms with Gasteiger partial charge in [-0.1, -0.05) is 37.3 Å². The first kappa shape index (κ1) is 20.8. The number of carbonyl (C=O) groups excluding carboxylic acids is 1. The smallest absolute Gasteiger partial charge is 0.250 e. The second kappa shape index (κ2) is 8.74. The molecule has 1 amide bonds. The highest BCUT2D eigenvalue weighted by Crippen LogP contribution is 2.33. The molecule has 0 saturated carbocycles. The van der Waals surface area contributed by atoms with Gasteiger partial charge < -0.3 is 10.3 Å². The summed E-state index contributed by atoms with van der Waals surface area (Å²) in [6, 6.07) is 14.2. The lowest BCUT2D eigenvalue weighted by Gasteiger charge is -2.30. The van der Waals surface area contributed by atoms with Crippen LogP contribution in [0.5, 0.6) is 0 Å². The van der Waals surface area contributed by atoms with E-state index in [0.717, 1.165) is 54.4 Å². The van der Waals surface area contributed by atoms with Gasteiger partial charge in [0.25, 0.3) is 5.91 Å². The van der Waals surface area contributed by atoms with Crippen molar-refractivity contribution in [3.63, 3.8) is 0 Å². The van der Waals surface area contributed by atoms with Gasteiger partial charge in [0.15, 0.2) is 0 Å². The van der Waals surface area contributed by atoms with Crippen LogP contribution >= 0.6 is 0 Å². The van der Waals surface area contributed by atoms with Gasteiger partial charge in [0.1, 0.15) is 0 Å². The second-order valence-electron chi connectivity index (χ2n) is 8.10. The van der Waals surface area contributed by atoms with Crippen LogP contribution in [0.15, 0.2) is 48.7 Å². The molecule has 1 unspecified atom stereocenters. The van der Waals surface area contributed by atoms with Gasteiger partial charge in [-0.05, 0) is 54.0 Å². The molecule has 30 heavy (non-hydrogen) atoms. The molecular weight excluding hydrogens is 394 g/mol. The van der Waals surface area contributed by atoms with Crippen molar-refractivity contribution in [1.29, 1.82) is 0 Å². The van der Waals surface area contributed by atoms with Crippen molar-refractivity contribution in [1.82, 2.24) is 8.87 Å². The zero-order chi connectivity index (χ0) is 21.3. The number of primary amides is 1. The highest BCUT2D eigenvalue weighted by molar-refractivity contribution is 7.82. The number of fused-ring (bicyclic) bond motifs is 1. The van der Waals surface area contributed by atoms with Crippen LogP contribution in [0.25, 0.3) is 22.0 Å². The standard InChI is InChI=1S/C24H29N3O2S/c1-3-30(29)27-11-9-17(10-12-27)13-20-16-26(2)23-21(20)14-19(15-22(23)24(25)28)18-7-5-4-6-8-18/h4-8,14-17H,3,9-13H2,1-2H3,(H2,25,28). The van der Waals surface area contributed by atoms with Crippen molar-refractivity contribution in [2.24, 2.45) is 18.7 Å². The van der Waals surface area contributed by atoms with Crippen LogP contribution in [0.3, 0.4) is 0 Å².